The molecule has 1 saturated carbocycles. The lowest BCUT2D eigenvalue weighted by Gasteiger charge is -2.12. The van der Waals surface area contributed by atoms with E-state index in [1.54, 1.807) is 18.2 Å². The fraction of sp³-hybridized carbons (Fsp3) is 0.333. The molecule has 1 aliphatic carbocycles. The summed E-state index contributed by atoms with van der Waals surface area (Å²) >= 11 is 11.6. The van der Waals surface area contributed by atoms with Crippen LogP contribution in [0.3, 0.4) is 0 Å². The Hall–Kier alpha value is -1.28. The third kappa shape index (κ3) is 3.14. The molecule has 1 unspecified atom stereocenters. The molecule has 1 fully saturated rings. The van der Waals surface area contributed by atoms with E-state index in [1.807, 2.05) is 6.07 Å². The molecule has 0 bridgehead atoms. The van der Waals surface area contributed by atoms with E-state index in [1.165, 1.54) is 0 Å². The number of hydrazine groups is 1. The van der Waals surface area contributed by atoms with Gasteiger partial charge < -0.3 is 5.43 Å². The molecule has 1 aliphatic rings. The van der Waals surface area contributed by atoms with Gasteiger partial charge in [-0.2, -0.15) is 5.26 Å². The minimum absolute atomic E-state index is 0.0396. The zero-order valence-electron chi connectivity index (χ0n) is 9.41. The SMILES string of the molecule is N#CC(NNc1ccc(Cl)c(Cl)c1)C(=O)C1CC1. The van der Waals surface area contributed by atoms with Crippen LogP contribution in [-0.2, 0) is 4.79 Å². The maximum absolute atomic E-state index is 11.7. The van der Waals surface area contributed by atoms with Crippen molar-refractivity contribution >= 4 is 34.7 Å². The van der Waals surface area contributed by atoms with E-state index in [0.29, 0.717) is 15.7 Å². The van der Waals surface area contributed by atoms with Crippen LogP contribution in [0.25, 0.3) is 0 Å². The quantitative estimate of drug-likeness (QED) is 0.816. The molecule has 4 nitrogen and oxygen atoms in total. The van der Waals surface area contributed by atoms with E-state index in [0.717, 1.165) is 12.8 Å². The van der Waals surface area contributed by atoms with Crippen molar-refractivity contribution in [1.82, 2.24) is 5.43 Å². The molecule has 0 saturated heterocycles. The molecule has 2 rings (SSSR count). The first kappa shape index (κ1) is 13.2. The van der Waals surface area contributed by atoms with Crippen LogP contribution in [0.5, 0.6) is 0 Å². The van der Waals surface area contributed by atoms with E-state index in [9.17, 15) is 4.79 Å². The summed E-state index contributed by atoms with van der Waals surface area (Å²) in [6.45, 7) is 0. The number of carbonyl (C=O) groups excluding carboxylic acids is 1. The predicted molar refractivity (Wildman–Crippen MR) is 70.4 cm³/mol. The molecule has 6 heteroatoms. The summed E-state index contributed by atoms with van der Waals surface area (Å²) in [6, 6.07) is 6.06. The molecule has 0 amide bonds. The van der Waals surface area contributed by atoms with Crippen LogP contribution >= 0.6 is 23.2 Å². The van der Waals surface area contributed by atoms with E-state index < -0.39 is 6.04 Å². The Kier molecular flexibility index (Phi) is 4.07. The number of Topliss-reactive ketones (excluding diaryl/α,β-unsaturated/α-hetero) is 1. The van der Waals surface area contributed by atoms with Crippen molar-refractivity contribution in [3.05, 3.63) is 28.2 Å². The number of nitrogens with one attached hydrogen (secondary N) is 2. The first-order valence-electron chi connectivity index (χ1n) is 5.51. The fourth-order valence-electron chi connectivity index (χ4n) is 1.50. The van der Waals surface area contributed by atoms with Gasteiger partial charge in [0.2, 0.25) is 0 Å². The number of hydrogen-bond acceptors (Lipinski definition) is 4. The Bertz CT molecular complexity index is 509. The molecular weight excluding hydrogens is 273 g/mol. The standard InChI is InChI=1S/C12H11Cl2N3O/c13-9-4-3-8(5-10(9)14)16-17-11(6-15)12(18)7-1-2-7/h3-5,7,11,16-17H,1-2H2. The first-order valence-corrected chi connectivity index (χ1v) is 6.27. The van der Waals surface area contributed by atoms with Crippen LogP contribution in [-0.4, -0.2) is 11.8 Å². The molecule has 2 N–H and O–H groups in total. The first-order chi connectivity index (χ1) is 8.61. The maximum atomic E-state index is 11.7. The van der Waals surface area contributed by atoms with Crippen LogP contribution in [0.2, 0.25) is 10.0 Å². The van der Waals surface area contributed by atoms with Gasteiger partial charge in [-0.25, -0.2) is 5.43 Å². The molecule has 0 spiro atoms. The lowest BCUT2D eigenvalue weighted by Crippen LogP contribution is -2.40. The molecule has 1 atom stereocenters. The second-order valence-corrected chi connectivity index (χ2v) is 4.95. The van der Waals surface area contributed by atoms with E-state index in [-0.39, 0.29) is 11.7 Å². The van der Waals surface area contributed by atoms with Gasteiger partial charge in [0.25, 0.3) is 0 Å². The Morgan fingerprint density at radius 3 is 2.67 bits per heavy atom. The van der Waals surface area contributed by atoms with Crippen LogP contribution < -0.4 is 10.9 Å². The summed E-state index contributed by atoms with van der Waals surface area (Å²) in [4.78, 5) is 11.7. The highest BCUT2D eigenvalue weighted by Gasteiger charge is 2.34. The lowest BCUT2D eigenvalue weighted by molar-refractivity contribution is -0.120. The van der Waals surface area contributed by atoms with Gasteiger partial charge in [-0.05, 0) is 31.0 Å². The van der Waals surface area contributed by atoms with E-state index in [2.05, 4.69) is 10.9 Å². The van der Waals surface area contributed by atoms with Crippen molar-refractivity contribution < 1.29 is 4.79 Å². The Morgan fingerprint density at radius 2 is 2.11 bits per heavy atom. The predicted octanol–water partition coefficient (Wildman–Crippen LogP) is 2.78. The highest BCUT2D eigenvalue weighted by Crippen LogP contribution is 2.31. The maximum Gasteiger partial charge on any atom is 0.171 e. The minimum Gasteiger partial charge on any atom is -0.320 e. The summed E-state index contributed by atoms with van der Waals surface area (Å²) in [5.41, 5.74) is 6.13. The number of ketones is 1. The van der Waals surface area contributed by atoms with Crippen molar-refractivity contribution in [1.29, 1.82) is 5.26 Å². The topological polar surface area (TPSA) is 64.9 Å². The Balaban J connectivity index is 1.95. The number of halogens is 2. The summed E-state index contributed by atoms with van der Waals surface area (Å²) in [5, 5.41) is 9.79. The number of benzene rings is 1. The van der Waals surface area contributed by atoms with Gasteiger partial charge in [0, 0.05) is 5.92 Å². The fourth-order valence-corrected chi connectivity index (χ4v) is 1.80. The van der Waals surface area contributed by atoms with E-state index in [4.69, 9.17) is 28.5 Å². The molecule has 18 heavy (non-hydrogen) atoms. The van der Waals surface area contributed by atoms with E-state index >= 15 is 0 Å². The largest absolute Gasteiger partial charge is 0.320 e. The highest BCUT2D eigenvalue weighted by molar-refractivity contribution is 6.42. The second kappa shape index (κ2) is 5.57. The average molecular weight is 284 g/mol. The van der Waals surface area contributed by atoms with Gasteiger partial charge in [0.15, 0.2) is 11.8 Å². The van der Waals surface area contributed by atoms with Gasteiger partial charge in [0.1, 0.15) is 0 Å². The smallest absolute Gasteiger partial charge is 0.171 e. The van der Waals surface area contributed by atoms with Crippen LogP contribution in [0.1, 0.15) is 12.8 Å². The van der Waals surface area contributed by atoms with Gasteiger partial charge in [0.05, 0.1) is 21.8 Å². The van der Waals surface area contributed by atoms with Gasteiger partial charge in [-0.3, -0.25) is 4.79 Å². The minimum atomic E-state index is -0.841. The van der Waals surface area contributed by atoms with Crippen LogP contribution in [0.15, 0.2) is 18.2 Å². The number of anilines is 1. The molecular formula is C12H11Cl2N3O. The summed E-state index contributed by atoms with van der Waals surface area (Å²) in [5.74, 6) is -0.0252. The van der Waals surface area contributed by atoms with Gasteiger partial charge in [-0.15, -0.1) is 0 Å². The molecule has 0 radical (unpaired) electrons. The number of nitriles is 1. The molecule has 0 aromatic heterocycles. The molecule has 0 aliphatic heterocycles. The number of nitrogens with zero attached hydrogens (tertiary/aromatic N) is 1. The Morgan fingerprint density at radius 1 is 1.39 bits per heavy atom. The Labute approximate surface area is 115 Å². The van der Waals surface area contributed by atoms with Gasteiger partial charge in [-0.1, -0.05) is 23.2 Å². The van der Waals surface area contributed by atoms with Crippen molar-refractivity contribution in [2.45, 2.75) is 18.9 Å². The summed E-state index contributed by atoms with van der Waals surface area (Å²) < 4.78 is 0. The summed E-state index contributed by atoms with van der Waals surface area (Å²) in [6.07, 6.45) is 1.76. The zero-order valence-corrected chi connectivity index (χ0v) is 10.9. The lowest BCUT2D eigenvalue weighted by atomic mass is 10.1. The van der Waals surface area contributed by atoms with Crippen molar-refractivity contribution in [3.8, 4) is 6.07 Å². The van der Waals surface area contributed by atoms with Crippen molar-refractivity contribution in [2.75, 3.05) is 5.43 Å². The third-order valence-electron chi connectivity index (χ3n) is 2.67. The monoisotopic (exact) mass is 283 g/mol. The zero-order chi connectivity index (χ0) is 13.1. The third-order valence-corrected chi connectivity index (χ3v) is 3.41. The van der Waals surface area contributed by atoms with Gasteiger partial charge >= 0.3 is 0 Å². The van der Waals surface area contributed by atoms with Crippen LogP contribution in [0.4, 0.5) is 5.69 Å². The number of rotatable bonds is 5. The van der Waals surface area contributed by atoms with Crippen LogP contribution in [0, 0.1) is 17.2 Å². The normalized spacial score (nSPS) is 15.8. The molecule has 1 aromatic carbocycles. The summed E-state index contributed by atoms with van der Waals surface area (Å²) in [7, 11) is 0. The van der Waals surface area contributed by atoms with Crippen molar-refractivity contribution in [2.24, 2.45) is 5.92 Å². The molecule has 0 heterocycles. The highest BCUT2D eigenvalue weighted by atomic mass is 35.5. The average Bonchev–Trinajstić information content (AvgIpc) is 3.18. The molecule has 1 aromatic rings. The number of hydrogen-bond donors (Lipinski definition) is 2. The number of carbonyl (C=O) groups is 1. The van der Waals surface area contributed by atoms with Crippen molar-refractivity contribution in [3.63, 3.8) is 0 Å². The second-order valence-electron chi connectivity index (χ2n) is 4.14. The molecule has 94 valence electrons.